The number of hydrogen-bond donors (Lipinski definition) is 3. The van der Waals surface area contributed by atoms with Gasteiger partial charge in [0.25, 0.3) is 0 Å². The van der Waals surface area contributed by atoms with Gasteiger partial charge in [-0.05, 0) is 83.1 Å². The second-order valence-corrected chi connectivity index (χ2v) is 13.3. The standard InChI is InChI=1S/C34H43F3N8O2/c1-21-20-44(15-16-45(21)23-11-13-43(4)14-12-23)24-9-10-26(28(17-24)47-5)41-32-39-19-25(34(35,36)37)30(42-32)38-18-22-7-6-8-27-29(22)33(2,3)31(46)40-27/h6-10,17,19,21,23H,11-16,18,20H2,1-5H3,(H,40,46)(H2,38,39,41,42)/t21-/m1/s1. The van der Waals surface area contributed by atoms with Crippen LogP contribution in [0.2, 0.25) is 0 Å². The molecule has 2 saturated heterocycles. The van der Waals surface area contributed by atoms with Gasteiger partial charge in [0, 0.05) is 61.9 Å². The number of benzene rings is 2. The van der Waals surface area contributed by atoms with Crippen LogP contribution in [0.25, 0.3) is 0 Å². The highest BCUT2D eigenvalue weighted by atomic mass is 19.4. The smallest absolute Gasteiger partial charge is 0.421 e. The lowest BCUT2D eigenvalue weighted by Gasteiger charge is -2.46. The highest BCUT2D eigenvalue weighted by Crippen LogP contribution is 2.41. The molecule has 3 aliphatic rings. The third-order valence-electron chi connectivity index (χ3n) is 9.76. The molecule has 1 aromatic heterocycles. The van der Waals surface area contributed by atoms with Gasteiger partial charge in [-0.1, -0.05) is 12.1 Å². The van der Waals surface area contributed by atoms with Crippen LogP contribution < -0.4 is 25.6 Å². The average Bonchev–Trinajstić information content (AvgIpc) is 3.28. The summed E-state index contributed by atoms with van der Waals surface area (Å²) < 4.78 is 47.7. The van der Waals surface area contributed by atoms with E-state index in [2.05, 4.69) is 54.6 Å². The van der Waals surface area contributed by atoms with Crippen LogP contribution >= 0.6 is 0 Å². The molecule has 6 rings (SSSR count). The summed E-state index contributed by atoms with van der Waals surface area (Å²) in [6, 6.07) is 12.1. The number of ether oxygens (including phenoxy) is 1. The number of anilines is 5. The molecule has 3 aromatic rings. The third-order valence-corrected chi connectivity index (χ3v) is 9.76. The predicted molar refractivity (Wildman–Crippen MR) is 178 cm³/mol. The van der Waals surface area contributed by atoms with E-state index in [1.54, 1.807) is 39.2 Å². The lowest BCUT2D eigenvalue weighted by atomic mass is 9.83. The Morgan fingerprint density at radius 3 is 2.57 bits per heavy atom. The van der Waals surface area contributed by atoms with Crippen molar-refractivity contribution >= 4 is 34.7 Å². The molecular formula is C34H43F3N8O2. The molecule has 0 unspecified atom stereocenters. The quantitative estimate of drug-likeness (QED) is 0.284. The van der Waals surface area contributed by atoms with Crippen LogP contribution in [-0.2, 0) is 22.9 Å². The number of piperazine rings is 1. The summed E-state index contributed by atoms with van der Waals surface area (Å²) in [4.78, 5) is 28.1. The van der Waals surface area contributed by atoms with Gasteiger partial charge >= 0.3 is 6.18 Å². The largest absolute Gasteiger partial charge is 0.494 e. The van der Waals surface area contributed by atoms with E-state index in [9.17, 15) is 18.0 Å². The van der Waals surface area contributed by atoms with Gasteiger partial charge in [0.05, 0.1) is 18.2 Å². The minimum atomic E-state index is -4.68. The van der Waals surface area contributed by atoms with Crippen molar-refractivity contribution in [1.82, 2.24) is 19.8 Å². The Bertz CT molecular complexity index is 1620. The predicted octanol–water partition coefficient (Wildman–Crippen LogP) is 5.69. The van der Waals surface area contributed by atoms with Crippen molar-refractivity contribution in [3.63, 3.8) is 0 Å². The van der Waals surface area contributed by atoms with Crippen molar-refractivity contribution in [1.29, 1.82) is 0 Å². The molecule has 47 heavy (non-hydrogen) atoms. The third kappa shape index (κ3) is 6.68. The van der Waals surface area contributed by atoms with Gasteiger partial charge in [-0.25, -0.2) is 4.98 Å². The lowest BCUT2D eigenvalue weighted by molar-refractivity contribution is -0.137. The van der Waals surface area contributed by atoms with Gasteiger partial charge < -0.3 is 30.5 Å². The zero-order valence-corrected chi connectivity index (χ0v) is 27.5. The molecule has 0 radical (unpaired) electrons. The van der Waals surface area contributed by atoms with E-state index >= 15 is 0 Å². The molecule has 0 aliphatic carbocycles. The monoisotopic (exact) mass is 652 g/mol. The van der Waals surface area contributed by atoms with Crippen molar-refractivity contribution in [3.8, 4) is 5.75 Å². The second kappa shape index (κ2) is 12.8. The topological polar surface area (TPSA) is 97.9 Å². The van der Waals surface area contributed by atoms with Crippen molar-refractivity contribution in [2.75, 3.05) is 67.7 Å². The molecule has 252 valence electrons. The molecule has 3 N–H and O–H groups in total. The maximum absolute atomic E-state index is 14.0. The van der Waals surface area contributed by atoms with Crippen molar-refractivity contribution in [3.05, 3.63) is 59.3 Å². The highest BCUT2D eigenvalue weighted by Gasteiger charge is 2.40. The maximum Gasteiger partial charge on any atom is 0.421 e. The Labute approximate surface area is 273 Å². The van der Waals surface area contributed by atoms with E-state index in [4.69, 9.17) is 4.74 Å². The number of likely N-dealkylation sites (tertiary alicyclic amines) is 1. The fourth-order valence-electron chi connectivity index (χ4n) is 7.12. The lowest BCUT2D eigenvalue weighted by Crippen LogP contribution is -2.57. The van der Waals surface area contributed by atoms with Crippen molar-refractivity contribution in [2.45, 2.75) is 63.8 Å². The summed E-state index contributed by atoms with van der Waals surface area (Å²) in [7, 11) is 3.74. The Kier molecular flexibility index (Phi) is 8.96. The molecule has 1 atom stereocenters. The summed E-state index contributed by atoms with van der Waals surface area (Å²) in [5.74, 6) is -0.00359. The number of methoxy groups -OCH3 is 1. The fourth-order valence-corrected chi connectivity index (χ4v) is 7.12. The molecule has 0 spiro atoms. The molecular weight excluding hydrogens is 609 g/mol. The number of amides is 1. The van der Waals surface area contributed by atoms with Crippen molar-refractivity contribution in [2.24, 2.45) is 0 Å². The number of nitrogens with one attached hydrogen (secondary N) is 3. The number of fused-ring (bicyclic) bond motifs is 1. The van der Waals surface area contributed by atoms with Crippen LogP contribution in [0.1, 0.15) is 50.3 Å². The summed E-state index contributed by atoms with van der Waals surface area (Å²) >= 11 is 0. The average molecular weight is 653 g/mol. The Morgan fingerprint density at radius 1 is 1.11 bits per heavy atom. The summed E-state index contributed by atoms with van der Waals surface area (Å²) in [5.41, 5.74) is 1.85. The summed E-state index contributed by atoms with van der Waals surface area (Å²) in [6.45, 7) is 11.0. The number of nitrogens with zero attached hydrogens (tertiary/aromatic N) is 5. The molecule has 1 amide bonds. The number of piperidine rings is 1. The Morgan fingerprint density at radius 2 is 1.87 bits per heavy atom. The van der Waals surface area contributed by atoms with Crippen LogP contribution in [0, 0.1) is 0 Å². The van der Waals surface area contributed by atoms with Gasteiger partial charge in [0.2, 0.25) is 11.9 Å². The van der Waals surface area contributed by atoms with Crippen LogP contribution in [0.15, 0.2) is 42.6 Å². The minimum Gasteiger partial charge on any atom is -0.494 e. The first-order valence-corrected chi connectivity index (χ1v) is 16.1. The Balaban J connectivity index is 1.18. The van der Waals surface area contributed by atoms with E-state index < -0.39 is 17.2 Å². The minimum absolute atomic E-state index is 0.0117. The zero-order chi connectivity index (χ0) is 33.5. The number of hydrogen-bond acceptors (Lipinski definition) is 9. The first-order chi connectivity index (χ1) is 22.3. The summed E-state index contributed by atoms with van der Waals surface area (Å²) in [5, 5.41) is 8.77. The number of aromatic nitrogens is 2. The van der Waals surface area contributed by atoms with Gasteiger partial charge in [-0.15, -0.1) is 0 Å². The van der Waals surface area contributed by atoms with E-state index in [1.807, 2.05) is 18.2 Å². The number of carbonyl (C=O) groups excluding carboxylic acids is 1. The van der Waals surface area contributed by atoms with Crippen LogP contribution in [-0.4, -0.2) is 84.6 Å². The van der Waals surface area contributed by atoms with Crippen molar-refractivity contribution < 1.29 is 22.7 Å². The number of rotatable bonds is 8. The summed E-state index contributed by atoms with van der Waals surface area (Å²) in [6.07, 6.45) is -1.51. The molecule has 3 aliphatic heterocycles. The van der Waals surface area contributed by atoms with Crippen LogP contribution in [0.4, 0.5) is 42.0 Å². The number of alkyl halides is 3. The normalized spacial score (nSPS) is 20.6. The number of carbonyl (C=O) groups is 1. The van der Waals surface area contributed by atoms with Gasteiger partial charge in [0.1, 0.15) is 17.1 Å². The van der Waals surface area contributed by atoms with E-state index in [1.165, 1.54) is 12.8 Å². The first kappa shape index (κ1) is 32.8. The van der Waals surface area contributed by atoms with Gasteiger partial charge in [-0.3, -0.25) is 9.69 Å². The van der Waals surface area contributed by atoms with Gasteiger partial charge in [-0.2, -0.15) is 18.2 Å². The molecule has 13 heteroatoms. The molecule has 2 fully saturated rings. The molecule has 10 nitrogen and oxygen atoms in total. The molecule has 0 bridgehead atoms. The molecule has 4 heterocycles. The first-order valence-electron chi connectivity index (χ1n) is 16.1. The maximum atomic E-state index is 14.0. The van der Waals surface area contributed by atoms with Gasteiger partial charge in [0.15, 0.2) is 0 Å². The van der Waals surface area contributed by atoms with E-state index in [0.717, 1.165) is 50.2 Å². The van der Waals surface area contributed by atoms with E-state index in [-0.39, 0.29) is 24.2 Å². The SMILES string of the molecule is COc1cc(N2CCN(C3CCN(C)CC3)[C@H](C)C2)ccc1Nc1ncc(C(F)(F)F)c(NCc2cccc3c2C(C)(C)C(=O)N3)n1. The highest BCUT2D eigenvalue weighted by molar-refractivity contribution is 6.06. The second-order valence-electron chi connectivity index (χ2n) is 13.3. The Hall–Kier alpha value is -4.10. The van der Waals surface area contributed by atoms with Crippen LogP contribution in [0.5, 0.6) is 5.75 Å². The van der Waals surface area contributed by atoms with E-state index in [0.29, 0.717) is 34.8 Å². The molecule has 2 aromatic carbocycles. The fraction of sp³-hybridized carbons (Fsp3) is 0.500. The number of halogens is 3. The molecule has 0 saturated carbocycles. The van der Waals surface area contributed by atoms with Crippen LogP contribution in [0.3, 0.4) is 0 Å². The zero-order valence-electron chi connectivity index (χ0n) is 27.5.